The van der Waals surface area contributed by atoms with Gasteiger partial charge >= 0.3 is 0 Å². The fourth-order valence-corrected chi connectivity index (χ4v) is 2.70. The van der Waals surface area contributed by atoms with Crippen molar-refractivity contribution in [1.82, 2.24) is 0 Å². The van der Waals surface area contributed by atoms with Gasteiger partial charge in [0, 0.05) is 18.9 Å². The predicted octanol–water partition coefficient (Wildman–Crippen LogP) is 2.33. The molecule has 0 spiro atoms. The first kappa shape index (κ1) is 13.4. The van der Waals surface area contributed by atoms with Crippen molar-refractivity contribution >= 4 is 0 Å². The van der Waals surface area contributed by atoms with E-state index in [-0.39, 0.29) is 18.1 Å². The molecule has 0 bridgehead atoms. The quantitative estimate of drug-likeness (QED) is 0.891. The zero-order chi connectivity index (χ0) is 13.1. The smallest absolute Gasteiger partial charge is 0.122 e. The van der Waals surface area contributed by atoms with Crippen LogP contribution in [0.3, 0.4) is 0 Å². The van der Waals surface area contributed by atoms with Gasteiger partial charge in [-0.05, 0) is 31.9 Å². The average Bonchev–Trinajstić information content (AvgIpc) is 2.76. The molecule has 100 valence electrons. The van der Waals surface area contributed by atoms with Gasteiger partial charge in [-0.2, -0.15) is 0 Å². The lowest BCUT2D eigenvalue weighted by atomic mass is 9.90. The first-order valence-electron chi connectivity index (χ1n) is 6.55. The van der Waals surface area contributed by atoms with Crippen LogP contribution in [0.4, 0.5) is 0 Å². The summed E-state index contributed by atoms with van der Waals surface area (Å²) in [5, 5.41) is 10.3. The second kappa shape index (κ2) is 5.72. The highest BCUT2D eigenvalue weighted by Gasteiger charge is 2.31. The first-order chi connectivity index (χ1) is 8.61. The van der Waals surface area contributed by atoms with Crippen LogP contribution in [-0.2, 0) is 11.2 Å². The van der Waals surface area contributed by atoms with Gasteiger partial charge in [0.25, 0.3) is 0 Å². The second-order valence-corrected chi connectivity index (χ2v) is 5.12. The Labute approximate surface area is 109 Å². The Morgan fingerprint density at radius 3 is 2.89 bits per heavy atom. The van der Waals surface area contributed by atoms with Crippen LogP contribution in [-0.4, -0.2) is 31.0 Å². The van der Waals surface area contributed by atoms with Crippen LogP contribution in [0.1, 0.15) is 24.5 Å². The van der Waals surface area contributed by atoms with E-state index in [0.29, 0.717) is 6.42 Å². The molecule has 0 aromatic heterocycles. The third-order valence-corrected chi connectivity index (χ3v) is 3.79. The molecule has 1 aromatic carbocycles. The summed E-state index contributed by atoms with van der Waals surface area (Å²) in [5.74, 6) is 1.08. The van der Waals surface area contributed by atoms with Crippen LogP contribution >= 0.6 is 0 Å². The number of ether oxygens (including phenoxy) is 2. The lowest BCUT2D eigenvalue weighted by Crippen LogP contribution is -2.28. The van der Waals surface area contributed by atoms with Crippen molar-refractivity contribution in [3.05, 3.63) is 29.3 Å². The standard InChI is InChI=1S/C15H22O3/c1-10-4-5-15(17-3)12(8-10)9-14(16)13-6-7-18-11(13)2/h4-5,8,11,13-14,16H,6-7,9H2,1-3H3. The molecule has 3 heteroatoms. The van der Waals surface area contributed by atoms with E-state index in [0.717, 1.165) is 24.3 Å². The molecule has 3 unspecified atom stereocenters. The maximum atomic E-state index is 10.3. The minimum absolute atomic E-state index is 0.149. The molecule has 0 saturated carbocycles. The van der Waals surface area contributed by atoms with E-state index in [4.69, 9.17) is 9.47 Å². The van der Waals surface area contributed by atoms with Crippen molar-refractivity contribution in [2.45, 2.75) is 38.9 Å². The number of aliphatic hydroxyl groups excluding tert-OH is 1. The molecule has 18 heavy (non-hydrogen) atoms. The van der Waals surface area contributed by atoms with Crippen LogP contribution in [0, 0.1) is 12.8 Å². The molecule has 1 N–H and O–H groups in total. The van der Waals surface area contributed by atoms with Gasteiger partial charge in [0.05, 0.1) is 19.3 Å². The molecule has 1 heterocycles. The van der Waals surface area contributed by atoms with E-state index < -0.39 is 0 Å². The second-order valence-electron chi connectivity index (χ2n) is 5.12. The predicted molar refractivity (Wildman–Crippen MR) is 71.0 cm³/mol. The Hall–Kier alpha value is -1.06. The van der Waals surface area contributed by atoms with Crippen molar-refractivity contribution in [2.75, 3.05) is 13.7 Å². The normalized spacial score (nSPS) is 25.1. The molecule has 0 aliphatic carbocycles. The molecule has 1 aliphatic heterocycles. The van der Waals surface area contributed by atoms with Gasteiger partial charge in [0.2, 0.25) is 0 Å². The van der Waals surface area contributed by atoms with Crippen LogP contribution in [0.15, 0.2) is 18.2 Å². The van der Waals surface area contributed by atoms with Crippen LogP contribution in [0.25, 0.3) is 0 Å². The molecule has 0 radical (unpaired) electrons. The number of aryl methyl sites for hydroxylation is 1. The van der Waals surface area contributed by atoms with Crippen LogP contribution in [0.5, 0.6) is 5.75 Å². The van der Waals surface area contributed by atoms with Crippen molar-refractivity contribution in [1.29, 1.82) is 0 Å². The van der Waals surface area contributed by atoms with E-state index in [1.807, 2.05) is 19.1 Å². The Kier molecular flexibility index (Phi) is 4.25. The van der Waals surface area contributed by atoms with Gasteiger partial charge < -0.3 is 14.6 Å². The minimum Gasteiger partial charge on any atom is -0.496 e. The highest BCUT2D eigenvalue weighted by molar-refractivity contribution is 5.37. The van der Waals surface area contributed by atoms with Gasteiger partial charge in [-0.25, -0.2) is 0 Å². The van der Waals surface area contributed by atoms with Gasteiger partial charge in [-0.15, -0.1) is 0 Å². The Bertz CT molecular complexity index is 403. The summed E-state index contributed by atoms with van der Waals surface area (Å²) in [6.07, 6.45) is 1.36. The SMILES string of the molecule is COc1ccc(C)cc1CC(O)C1CCOC1C. The molecule has 1 aliphatic rings. The molecule has 1 saturated heterocycles. The molecule has 3 nitrogen and oxygen atoms in total. The van der Waals surface area contributed by atoms with Crippen molar-refractivity contribution in [2.24, 2.45) is 5.92 Å². The fraction of sp³-hybridized carbons (Fsp3) is 0.600. The molecular formula is C15H22O3. The van der Waals surface area contributed by atoms with Gasteiger partial charge in [-0.3, -0.25) is 0 Å². The summed E-state index contributed by atoms with van der Waals surface area (Å²) in [5.41, 5.74) is 2.26. The number of benzene rings is 1. The Morgan fingerprint density at radius 2 is 2.28 bits per heavy atom. The maximum absolute atomic E-state index is 10.3. The number of hydrogen-bond acceptors (Lipinski definition) is 3. The van der Waals surface area contributed by atoms with E-state index in [2.05, 4.69) is 13.0 Å². The van der Waals surface area contributed by atoms with E-state index in [1.54, 1.807) is 7.11 Å². The lowest BCUT2D eigenvalue weighted by Gasteiger charge is -2.22. The Balaban J connectivity index is 2.10. The highest BCUT2D eigenvalue weighted by Crippen LogP contribution is 2.28. The van der Waals surface area contributed by atoms with E-state index in [9.17, 15) is 5.11 Å². The third kappa shape index (κ3) is 2.85. The number of hydrogen-bond donors (Lipinski definition) is 1. The maximum Gasteiger partial charge on any atom is 0.122 e. The van der Waals surface area contributed by atoms with Gasteiger partial charge in [0.15, 0.2) is 0 Å². The summed E-state index contributed by atoms with van der Waals surface area (Å²) in [6, 6.07) is 6.07. The topological polar surface area (TPSA) is 38.7 Å². The number of methoxy groups -OCH3 is 1. The van der Waals surface area contributed by atoms with Crippen LogP contribution in [0.2, 0.25) is 0 Å². The fourth-order valence-electron chi connectivity index (χ4n) is 2.70. The van der Waals surface area contributed by atoms with Crippen molar-refractivity contribution in [3.8, 4) is 5.75 Å². The van der Waals surface area contributed by atoms with Crippen LogP contribution < -0.4 is 4.74 Å². The molecule has 1 fully saturated rings. The molecule has 2 rings (SSSR count). The molecule has 1 aromatic rings. The summed E-state index contributed by atoms with van der Waals surface area (Å²) >= 11 is 0. The molecule has 0 amide bonds. The monoisotopic (exact) mass is 250 g/mol. The Morgan fingerprint density at radius 1 is 1.50 bits per heavy atom. The highest BCUT2D eigenvalue weighted by atomic mass is 16.5. The lowest BCUT2D eigenvalue weighted by molar-refractivity contribution is 0.0438. The largest absolute Gasteiger partial charge is 0.496 e. The van der Waals surface area contributed by atoms with E-state index >= 15 is 0 Å². The third-order valence-electron chi connectivity index (χ3n) is 3.79. The molecule has 3 atom stereocenters. The van der Waals surface area contributed by atoms with Crippen molar-refractivity contribution in [3.63, 3.8) is 0 Å². The average molecular weight is 250 g/mol. The number of rotatable bonds is 4. The number of aliphatic hydroxyl groups is 1. The minimum atomic E-state index is -0.363. The van der Waals surface area contributed by atoms with E-state index in [1.165, 1.54) is 5.56 Å². The zero-order valence-electron chi connectivity index (χ0n) is 11.3. The van der Waals surface area contributed by atoms with Gasteiger partial charge in [0.1, 0.15) is 5.75 Å². The summed E-state index contributed by atoms with van der Waals surface area (Å²) in [4.78, 5) is 0. The van der Waals surface area contributed by atoms with Crippen molar-refractivity contribution < 1.29 is 14.6 Å². The summed E-state index contributed by atoms with van der Waals surface area (Å²) in [6.45, 7) is 4.85. The summed E-state index contributed by atoms with van der Waals surface area (Å²) < 4.78 is 10.9. The molecular weight excluding hydrogens is 228 g/mol. The summed E-state index contributed by atoms with van der Waals surface area (Å²) in [7, 11) is 1.67. The zero-order valence-corrected chi connectivity index (χ0v) is 11.3. The first-order valence-corrected chi connectivity index (χ1v) is 6.55. The van der Waals surface area contributed by atoms with Gasteiger partial charge in [-0.1, -0.05) is 17.7 Å².